The second-order valence-electron chi connectivity index (χ2n) is 6.42. The first-order valence-electron chi connectivity index (χ1n) is 8.73. The van der Waals surface area contributed by atoms with Gasteiger partial charge < -0.3 is 9.97 Å². The van der Waals surface area contributed by atoms with Gasteiger partial charge in [-0.2, -0.15) is 0 Å². The molecule has 0 aliphatic rings. The van der Waals surface area contributed by atoms with Crippen LogP contribution in [-0.2, 0) is 9.59 Å². The molecule has 4 aromatic rings. The maximum absolute atomic E-state index is 12.0. The summed E-state index contributed by atoms with van der Waals surface area (Å²) < 4.78 is 0. The average Bonchev–Trinajstić information content (AvgIpc) is 3.32. The Hall–Kier alpha value is -3.66. The van der Waals surface area contributed by atoms with Crippen molar-refractivity contribution in [3.8, 4) is 0 Å². The molecule has 0 bridgehead atoms. The van der Waals surface area contributed by atoms with Gasteiger partial charge in [0.05, 0.1) is 6.42 Å². The van der Waals surface area contributed by atoms with Crippen LogP contribution in [0.4, 0.5) is 0 Å². The van der Waals surface area contributed by atoms with Gasteiger partial charge >= 0.3 is 0 Å². The Morgan fingerprint density at radius 1 is 0.704 bits per heavy atom. The maximum atomic E-state index is 12.0. The predicted octanol–water partition coefficient (Wildman–Crippen LogP) is 4.90. The molecular formula is C23H18N2O2. The molecule has 0 radical (unpaired) electrons. The molecule has 2 aromatic heterocycles. The summed E-state index contributed by atoms with van der Waals surface area (Å²) in [6, 6.07) is 15.7. The molecule has 0 aliphatic carbocycles. The van der Waals surface area contributed by atoms with Crippen LogP contribution in [0.2, 0.25) is 0 Å². The van der Waals surface area contributed by atoms with E-state index in [1.165, 1.54) is 12.2 Å². The van der Waals surface area contributed by atoms with Gasteiger partial charge in [0.15, 0.2) is 11.6 Å². The van der Waals surface area contributed by atoms with E-state index < -0.39 is 0 Å². The van der Waals surface area contributed by atoms with Crippen LogP contribution < -0.4 is 0 Å². The van der Waals surface area contributed by atoms with E-state index in [-0.39, 0.29) is 18.0 Å². The first kappa shape index (κ1) is 16.8. The second-order valence-corrected chi connectivity index (χ2v) is 6.42. The zero-order chi connectivity index (χ0) is 18.6. The first-order chi connectivity index (χ1) is 13.2. The summed E-state index contributed by atoms with van der Waals surface area (Å²) in [6.07, 6.45) is 10.0. The van der Waals surface area contributed by atoms with Crippen molar-refractivity contribution in [1.29, 1.82) is 0 Å². The molecule has 4 nitrogen and oxygen atoms in total. The molecule has 132 valence electrons. The zero-order valence-electron chi connectivity index (χ0n) is 14.6. The molecule has 0 unspecified atom stereocenters. The smallest absolute Gasteiger partial charge is 0.163 e. The van der Waals surface area contributed by atoms with Gasteiger partial charge in [0.25, 0.3) is 0 Å². The monoisotopic (exact) mass is 354 g/mol. The highest BCUT2D eigenvalue weighted by Crippen LogP contribution is 2.16. The molecule has 0 fully saturated rings. The SMILES string of the molecule is O=C(C=Cc1ccc2[nH]ccc2c1)CC(=O)C=Cc1ccc2[nH]ccc2c1. The Balaban J connectivity index is 1.37. The number of fused-ring (bicyclic) bond motifs is 2. The molecular weight excluding hydrogens is 336 g/mol. The molecule has 0 spiro atoms. The van der Waals surface area contributed by atoms with Gasteiger partial charge in [0.1, 0.15) is 0 Å². The summed E-state index contributed by atoms with van der Waals surface area (Å²) in [4.78, 5) is 30.3. The van der Waals surface area contributed by atoms with Gasteiger partial charge in [-0.25, -0.2) is 0 Å². The Bertz CT molecular complexity index is 1100. The largest absolute Gasteiger partial charge is 0.361 e. The predicted molar refractivity (Wildman–Crippen MR) is 109 cm³/mol. The van der Waals surface area contributed by atoms with Crippen LogP contribution in [-0.4, -0.2) is 21.5 Å². The van der Waals surface area contributed by atoms with Crippen molar-refractivity contribution in [2.45, 2.75) is 6.42 Å². The third-order valence-corrected chi connectivity index (χ3v) is 4.43. The second kappa shape index (κ2) is 7.30. The van der Waals surface area contributed by atoms with Gasteiger partial charge in [-0.15, -0.1) is 0 Å². The highest BCUT2D eigenvalue weighted by molar-refractivity contribution is 6.11. The number of carbonyl (C=O) groups is 2. The Morgan fingerprint density at radius 3 is 1.67 bits per heavy atom. The van der Waals surface area contributed by atoms with Gasteiger partial charge in [-0.1, -0.05) is 24.3 Å². The van der Waals surface area contributed by atoms with Crippen LogP contribution in [0, 0.1) is 0 Å². The van der Waals surface area contributed by atoms with Gasteiger partial charge in [0.2, 0.25) is 0 Å². The minimum absolute atomic E-state index is 0.133. The number of rotatable bonds is 6. The molecule has 27 heavy (non-hydrogen) atoms. The lowest BCUT2D eigenvalue weighted by Gasteiger charge is -1.96. The third-order valence-electron chi connectivity index (χ3n) is 4.43. The Labute approximate surface area is 156 Å². The first-order valence-corrected chi connectivity index (χ1v) is 8.73. The fraction of sp³-hybridized carbons (Fsp3) is 0.0435. The number of ketones is 2. The van der Waals surface area contributed by atoms with E-state index in [1.807, 2.05) is 60.9 Å². The van der Waals surface area contributed by atoms with Crippen molar-refractivity contribution >= 4 is 45.5 Å². The van der Waals surface area contributed by atoms with Gasteiger partial charge in [-0.3, -0.25) is 9.59 Å². The lowest BCUT2D eigenvalue weighted by molar-refractivity contribution is -0.121. The van der Waals surface area contributed by atoms with Crippen LogP contribution in [0.25, 0.3) is 34.0 Å². The van der Waals surface area contributed by atoms with E-state index in [4.69, 9.17) is 0 Å². The molecule has 0 saturated carbocycles. The number of allylic oxidation sites excluding steroid dienone is 2. The number of hydrogen-bond acceptors (Lipinski definition) is 2. The topological polar surface area (TPSA) is 65.7 Å². The lowest BCUT2D eigenvalue weighted by Crippen LogP contribution is -2.01. The van der Waals surface area contributed by atoms with Crippen LogP contribution in [0.3, 0.4) is 0 Å². The highest BCUT2D eigenvalue weighted by atomic mass is 16.1. The van der Waals surface area contributed by atoms with Crippen molar-refractivity contribution in [2.24, 2.45) is 0 Å². The molecule has 0 saturated heterocycles. The summed E-state index contributed by atoms with van der Waals surface area (Å²) in [6.45, 7) is 0. The molecule has 0 aliphatic heterocycles. The standard InChI is InChI=1S/C23H18N2O2/c26-20(5-1-16-3-7-22-18(13-16)9-11-24-22)15-21(27)6-2-17-4-8-23-19(14-17)10-12-25-23/h1-14,24-25H,15H2. The van der Waals surface area contributed by atoms with Crippen molar-refractivity contribution in [2.75, 3.05) is 0 Å². The quantitative estimate of drug-likeness (QED) is 0.382. The Morgan fingerprint density at radius 2 is 1.19 bits per heavy atom. The van der Waals surface area contributed by atoms with Crippen molar-refractivity contribution in [3.05, 3.63) is 84.2 Å². The number of nitrogens with one attached hydrogen (secondary N) is 2. The number of carbonyl (C=O) groups excluding carboxylic acids is 2. The van der Waals surface area contributed by atoms with Crippen LogP contribution in [0.1, 0.15) is 17.5 Å². The number of aromatic amines is 2. The number of benzene rings is 2. The number of H-pyrrole nitrogens is 2. The zero-order valence-corrected chi connectivity index (χ0v) is 14.6. The number of hydrogen-bond donors (Lipinski definition) is 2. The van der Waals surface area contributed by atoms with Crippen LogP contribution >= 0.6 is 0 Å². The van der Waals surface area contributed by atoms with E-state index in [9.17, 15) is 9.59 Å². The van der Waals surface area contributed by atoms with Crippen molar-refractivity contribution < 1.29 is 9.59 Å². The van der Waals surface area contributed by atoms with E-state index >= 15 is 0 Å². The van der Waals surface area contributed by atoms with E-state index in [0.717, 1.165) is 32.9 Å². The molecule has 0 amide bonds. The fourth-order valence-electron chi connectivity index (χ4n) is 3.02. The summed E-state index contributed by atoms with van der Waals surface area (Å²) >= 11 is 0. The summed E-state index contributed by atoms with van der Waals surface area (Å²) in [5.74, 6) is -0.417. The molecule has 4 rings (SSSR count). The summed E-state index contributed by atoms with van der Waals surface area (Å²) in [7, 11) is 0. The highest BCUT2D eigenvalue weighted by Gasteiger charge is 2.04. The van der Waals surface area contributed by atoms with E-state index in [2.05, 4.69) is 9.97 Å². The lowest BCUT2D eigenvalue weighted by atomic mass is 10.1. The van der Waals surface area contributed by atoms with Gasteiger partial charge in [0, 0.05) is 23.4 Å². The summed E-state index contributed by atoms with van der Waals surface area (Å²) in [5.41, 5.74) is 3.96. The molecule has 2 aromatic carbocycles. The maximum Gasteiger partial charge on any atom is 0.163 e. The molecule has 0 atom stereocenters. The minimum Gasteiger partial charge on any atom is -0.361 e. The van der Waals surface area contributed by atoms with Gasteiger partial charge in [-0.05, 0) is 70.4 Å². The Kier molecular flexibility index (Phi) is 4.54. The van der Waals surface area contributed by atoms with Crippen LogP contribution in [0.5, 0.6) is 0 Å². The number of aromatic nitrogens is 2. The van der Waals surface area contributed by atoms with Crippen molar-refractivity contribution in [3.63, 3.8) is 0 Å². The third kappa shape index (κ3) is 3.96. The van der Waals surface area contributed by atoms with E-state index in [1.54, 1.807) is 12.2 Å². The molecule has 4 heteroatoms. The normalized spacial score (nSPS) is 11.9. The molecule has 2 N–H and O–H groups in total. The molecule has 2 heterocycles. The fourth-order valence-corrected chi connectivity index (χ4v) is 3.02. The minimum atomic E-state index is -0.208. The van der Waals surface area contributed by atoms with Crippen molar-refractivity contribution in [1.82, 2.24) is 9.97 Å². The summed E-state index contributed by atoms with van der Waals surface area (Å²) in [5, 5.41) is 2.17. The van der Waals surface area contributed by atoms with E-state index in [0.29, 0.717) is 0 Å². The van der Waals surface area contributed by atoms with Crippen LogP contribution in [0.15, 0.2) is 73.1 Å². The average molecular weight is 354 g/mol.